The second kappa shape index (κ2) is 7.14. The highest BCUT2D eigenvalue weighted by molar-refractivity contribution is 5.80. The number of rotatable bonds is 5. The molecule has 1 saturated heterocycles. The van der Waals surface area contributed by atoms with Crippen molar-refractivity contribution in [2.75, 3.05) is 26.2 Å². The number of guanidine groups is 1. The van der Waals surface area contributed by atoms with E-state index in [9.17, 15) is 4.79 Å². The minimum Gasteiger partial charge on any atom is -0.370 e. The summed E-state index contributed by atoms with van der Waals surface area (Å²) >= 11 is 0. The molecular weight excluding hydrogens is 216 g/mol. The van der Waals surface area contributed by atoms with E-state index >= 15 is 0 Å². The van der Waals surface area contributed by atoms with Crippen LogP contribution in [0.2, 0.25) is 0 Å². The van der Waals surface area contributed by atoms with Gasteiger partial charge in [-0.1, -0.05) is 13.8 Å². The topological polar surface area (TPSA) is 70.7 Å². The van der Waals surface area contributed by atoms with E-state index in [1.807, 2.05) is 4.90 Å². The molecule has 1 heterocycles. The molecule has 5 nitrogen and oxygen atoms in total. The summed E-state index contributed by atoms with van der Waals surface area (Å²) in [6, 6.07) is 0. The fourth-order valence-electron chi connectivity index (χ4n) is 1.76. The summed E-state index contributed by atoms with van der Waals surface area (Å²) in [6.07, 6.45) is 2.77. The SMILES string of the molecule is CC(C)CN=C(N)NCCC(=O)N1CCCC1. The van der Waals surface area contributed by atoms with Crippen molar-refractivity contribution in [1.82, 2.24) is 10.2 Å². The van der Waals surface area contributed by atoms with E-state index < -0.39 is 0 Å². The molecule has 0 aliphatic carbocycles. The highest BCUT2D eigenvalue weighted by Gasteiger charge is 2.16. The number of carbonyl (C=O) groups is 1. The highest BCUT2D eigenvalue weighted by Crippen LogP contribution is 2.08. The van der Waals surface area contributed by atoms with E-state index in [-0.39, 0.29) is 5.91 Å². The smallest absolute Gasteiger partial charge is 0.224 e. The largest absolute Gasteiger partial charge is 0.370 e. The lowest BCUT2D eigenvalue weighted by atomic mass is 10.2. The number of likely N-dealkylation sites (tertiary alicyclic amines) is 1. The highest BCUT2D eigenvalue weighted by atomic mass is 16.2. The molecule has 1 amide bonds. The van der Waals surface area contributed by atoms with Crippen molar-refractivity contribution in [2.24, 2.45) is 16.6 Å². The number of nitrogens with zero attached hydrogens (tertiary/aromatic N) is 2. The monoisotopic (exact) mass is 240 g/mol. The second-order valence-electron chi connectivity index (χ2n) is 4.88. The maximum atomic E-state index is 11.7. The van der Waals surface area contributed by atoms with Gasteiger partial charge in [-0.25, -0.2) is 0 Å². The molecule has 0 aromatic carbocycles. The van der Waals surface area contributed by atoms with Crippen molar-refractivity contribution < 1.29 is 4.79 Å². The fraction of sp³-hybridized carbons (Fsp3) is 0.833. The van der Waals surface area contributed by atoms with Crippen LogP contribution in [-0.2, 0) is 4.79 Å². The molecular formula is C12H24N4O. The third-order valence-electron chi connectivity index (χ3n) is 2.73. The quantitative estimate of drug-likeness (QED) is 0.545. The lowest BCUT2D eigenvalue weighted by molar-refractivity contribution is -0.129. The van der Waals surface area contributed by atoms with Crippen molar-refractivity contribution in [3.05, 3.63) is 0 Å². The zero-order valence-corrected chi connectivity index (χ0v) is 10.9. The molecule has 17 heavy (non-hydrogen) atoms. The summed E-state index contributed by atoms with van der Waals surface area (Å²) in [5.74, 6) is 1.15. The third kappa shape index (κ3) is 5.56. The van der Waals surface area contributed by atoms with Gasteiger partial charge >= 0.3 is 0 Å². The molecule has 0 aromatic rings. The van der Waals surface area contributed by atoms with Crippen molar-refractivity contribution in [3.63, 3.8) is 0 Å². The maximum Gasteiger partial charge on any atom is 0.224 e. The Kier molecular flexibility index (Phi) is 5.80. The Morgan fingerprint density at radius 3 is 2.65 bits per heavy atom. The molecule has 1 aliphatic rings. The molecule has 98 valence electrons. The molecule has 0 spiro atoms. The van der Waals surface area contributed by atoms with Crippen LogP contribution in [0.3, 0.4) is 0 Å². The predicted octanol–water partition coefficient (Wildman–Crippen LogP) is 0.559. The van der Waals surface area contributed by atoms with Gasteiger partial charge in [-0.05, 0) is 18.8 Å². The Morgan fingerprint density at radius 2 is 2.06 bits per heavy atom. The first-order valence-electron chi connectivity index (χ1n) is 6.41. The summed E-state index contributed by atoms with van der Waals surface area (Å²) in [7, 11) is 0. The average Bonchev–Trinajstić information content (AvgIpc) is 2.79. The fourth-order valence-corrected chi connectivity index (χ4v) is 1.76. The molecule has 0 atom stereocenters. The number of hydrogen-bond donors (Lipinski definition) is 2. The van der Waals surface area contributed by atoms with E-state index in [2.05, 4.69) is 24.2 Å². The van der Waals surface area contributed by atoms with Gasteiger partial charge in [0.1, 0.15) is 0 Å². The van der Waals surface area contributed by atoms with E-state index in [1.54, 1.807) is 0 Å². The first-order chi connectivity index (χ1) is 8.09. The van der Waals surface area contributed by atoms with Gasteiger partial charge in [0.15, 0.2) is 5.96 Å². The summed E-state index contributed by atoms with van der Waals surface area (Å²) in [5.41, 5.74) is 5.68. The number of aliphatic imine (C=N–C) groups is 1. The third-order valence-corrected chi connectivity index (χ3v) is 2.73. The number of nitrogens with one attached hydrogen (secondary N) is 1. The van der Waals surface area contributed by atoms with Crippen LogP contribution in [-0.4, -0.2) is 42.9 Å². The van der Waals surface area contributed by atoms with Crippen LogP contribution in [0.25, 0.3) is 0 Å². The van der Waals surface area contributed by atoms with Crippen LogP contribution in [0.15, 0.2) is 4.99 Å². The summed E-state index contributed by atoms with van der Waals surface area (Å²) in [6.45, 7) is 7.30. The molecule has 0 bridgehead atoms. The number of amides is 1. The van der Waals surface area contributed by atoms with E-state index in [0.29, 0.717) is 24.8 Å². The van der Waals surface area contributed by atoms with Crippen molar-refractivity contribution in [1.29, 1.82) is 0 Å². The Balaban J connectivity index is 2.14. The Bertz CT molecular complexity index is 270. The van der Waals surface area contributed by atoms with Crippen LogP contribution in [0.4, 0.5) is 0 Å². The zero-order chi connectivity index (χ0) is 12.7. The van der Waals surface area contributed by atoms with Gasteiger partial charge in [0, 0.05) is 32.6 Å². The Labute approximate surface area is 103 Å². The average molecular weight is 240 g/mol. The maximum absolute atomic E-state index is 11.7. The van der Waals surface area contributed by atoms with Crippen molar-refractivity contribution in [3.8, 4) is 0 Å². The van der Waals surface area contributed by atoms with Gasteiger partial charge in [-0.3, -0.25) is 9.79 Å². The lowest BCUT2D eigenvalue weighted by Crippen LogP contribution is -2.36. The lowest BCUT2D eigenvalue weighted by Gasteiger charge is -2.15. The molecule has 1 aliphatic heterocycles. The van der Waals surface area contributed by atoms with E-state index in [4.69, 9.17) is 5.73 Å². The summed E-state index contributed by atoms with van der Waals surface area (Å²) < 4.78 is 0. The molecule has 0 aromatic heterocycles. The van der Waals surface area contributed by atoms with E-state index in [0.717, 1.165) is 32.5 Å². The molecule has 1 rings (SSSR count). The first kappa shape index (κ1) is 13.8. The second-order valence-corrected chi connectivity index (χ2v) is 4.88. The minimum atomic E-state index is 0.214. The minimum absolute atomic E-state index is 0.214. The van der Waals surface area contributed by atoms with Gasteiger partial charge in [0.25, 0.3) is 0 Å². The zero-order valence-electron chi connectivity index (χ0n) is 10.9. The van der Waals surface area contributed by atoms with Crippen LogP contribution in [0.5, 0.6) is 0 Å². The first-order valence-corrected chi connectivity index (χ1v) is 6.41. The molecule has 0 radical (unpaired) electrons. The van der Waals surface area contributed by atoms with Gasteiger partial charge in [-0.2, -0.15) is 0 Å². The number of hydrogen-bond acceptors (Lipinski definition) is 2. The van der Waals surface area contributed by atoms with Crippen molar-refractivity contribution in [2.45, 2.75) is 33.1 Å². The molecule has 5 heteroatoms. The molecule has 3 N–H and O–H groups in total. The Hall–Kier alpha value is -1.26. The predicted molar refractivity (Wildman–Crippen MR) is 69.8 cm³/mol. The molecule has 0 unspecified atom stereocenters. The summed E-state index contributed by atoms with van der Waals surface area (Å²) in [5, 5.41) is 2.97. The van der Waals surface area contributed by atoms with Crippen LogP contribution in [0, 0.1) is 5.92 Å². The van der Waals surface area contributed by atoms with Crippen molar-refractivity contribution >= 4 is 11.9 Å². The molecule has 1 fully saturated rings. The van der Waals surface area contributed by atoms with Gasteiger partial charge in [0.2, 0.25) is 5.91 Å². The molecule has 0 saturated carbocycles. The van der Waals surface area contributed by atoms with Gasteiger partial charge in [0.05, 0.1) is 0 Å². The number of nitrogens with two attached hydrogens (primary N) is 1. The van der Waals surface area contributed by atoms with Gasteiger partial charge in [-0.15, -0.1) is 0 Å². The standard InChI is InChI=1S/C12H24N4O/c1-10(2)9-15-12(13)14-6-5-11(17)16-7-3-4-8-16/h10H,3-9H2,1-2H3,(H3,13,14,15). The van der Waals surface area contributed by atoms with Crippen LogP contribution < -0.4 is 11.1 Å². The summed E-state index contributed by atoms with van der Waals surface area (Å²) in [4.78, 5) is 17.8. The number of carbonyl (C=O) groups excluding carboxylic acids is 1. The van der Waals surface area contributed by atoms with E-state index in [1.165, 1.54) is 0 Å². The van der Waals surface area contributed by atoms with Gasteiger partial charge < -0.3 is 16.0 Å². The van der Waals surface area contributed by atoms with Crippen LogP contribution >= 0.6 is 0 Å². The Morgan fingerprint density at radius 1 is 1.41 bits per heavy atom. The normalized spacial score (nSPS) is 16.6. The van der Waals surface area contributed by atoms with Crippen LogP contribution in [0.1, 0.15) is 33.1 Å².